The van der Waals surface area contributed by atoms with Crippen LogP contribution in [0.1, 0.15) is 25.3 Å². The van der Waals surface area contributed by atoms with Gasteiger partial charge in [-0.15, -0.1) is 0 Å². The minimum atomic E-state index is 0.486. The number of aryl methyl sites for hydroxylation is 1. The third kappa shape index (κ3) is 2.84. The Morgan fingerprint density at radius 2 is 2.06 bits per heavy atom. The van der Waals surface area contributed by atoms with Gasteiger partial charge in [-0.1, -0.05) is 13.8 Å². The van der Waals surface area contributed by atoms with E-state index in [1.807, 2.05) is 25.1 Å². The summed E-state index contributed by atoms with van der Waals surface area (Å²) >= 11 is 0. The molecule has 17 heavy (non-hydrogen) atoms. The lowest BCUT2D eigenvalue weighted by Gasteiger charge is -2.06. The van der Waals surface area contributed by atoms with Crippen molar-refractivity contribution in [2.24, 2.45) is 5.92 Å². The summed E-state index contributed by atoms with van der Waals surface area (Å²) in [6.45, 7) is 6.19. The van der Waals surface area contributed by atoms with Crippen molar-refractivity contribution in [2.75, 3.05) is 5.73 Å². The number of aromatic nitrogens is 2. The molecular formula is C13H17N3O. The monoisotopic (exact) mass is 231 g/mol. The maximum absolute atomic E-state index is 5.79. The summed E-state index contributed by atoms with van der Waals surface area (Å²) in [7, 11) is 0. The van der Waals surface area contributed by atoms with E-state index in [1.165, 1.54) is 0 Å². The first-order chi connectivity index (χ1) is 8.04. The van der Waals surface area contributed by atoms with Gasteiger partial charge < -0.3 is 10.2 Å². The number of furan rings is 1. The van der Waals surface area contributed by atoms with Crippen molar-refractivity contribution in [1.29, 1.82) is 0 Å². The average molecular weight is 231 g/mol. The van der Waals surface area contributed by atoms with E-state index in [4.69, 9.17) is 10.2 Å². The van der Waals surface area contributed by atoms with Crippen LogP contribution in [0.25, 0.3) is 11.6 Å². The molecule has 0 atom stereocenters. The van der Waals surface area contributed by atoms with E-state index >= 15 is 0 Å². The number of hydrogen-bond donors (Lipinski definition) is 1. The largest absolute Gasteiger partial charge is 0.458 e. The van der Waals surface area contributed by atoms with Crippen molar-refractivity contribution in [3.8, 4) is 11.6 Å². The van der Waals surface area contributed by atoms with Crippen LogP contribution in [0, 0.1) is 12.8 Å². The molecule has 4 nitrogen and oxygen atoms in total. The Kier molecular flexibility index (Phi) is 3.13. The van der Waals surface area contributed by atoms with Gasteiger partial charge in [0.2, 0.25) is 0 Å². The number of nitrogens with zero attached hydrogens (tertiary/aromatic N) is 2. The fourth-order valence-corrected chi connectivity index (χ4v) is 1.71. The zero-order valence-electron chi connectivity index (χ0n) is 10.4. The Bertz CT molecular complexity index is 517. The molecule has 0 saturated carbocycles. The molecule has 0 aliphatic carbocycles. The van der Waals surface area contributed by atoms with E-state index in [9.17, 15) is 0 Å². The molecule has 0 aliphatic heterocycles. The molecule has 4 heteroatoms. The van der Waals surface area contributed by atoms with Crippen molar-refractivity contribution < 1.29 is 4.42 Å². The van der Waals surface area contributed by atoms with Gasteiger partial charge in [-0.25, -0.2) is 9.97 Å². The van der Waals surface area contributed by atoms with E-state index in [2.05, 4.69) is 23.8 Å². The lowest BCUT2D eigenvalue weighted by molar-refractivity contribution is 0.543. The molecule has 0 fully saturated rings. The van der Waals surface area contributed by atoms with Crippen LogP contribution in [0.3, 0.4) is 0 Å². The van der Waals surface area contributed by atoms with E-state index in [-0.39, 0.29) is 0 Å². The van der Waals surface area contributed by atoms with Gasteiger partial charge in [-0.2, -0.15) is 0 Å². The number of nitrogen functional groups attached to an aromatic ring is 1. The maximum atomic E-state index is 5.79. The van der Waals surface area contributed by atoms with Gasteiger partial charge in [-0.3, -0.25) is 0 Å². The first kappa shape index (κ1) is 11.6. The van der Waals surface area contributed by atoms with Crippen molar-refractivity contribution in [3.05, 3.63) is 29.7 Å². The van der Waals surface area contributed by atoms with Crippen molar-refractivity contribution in [2.45, 2.75) is 27.2 Å². The van der Waals surface area contributed by atoms with Gasteiger partial charge in [0, 0.05) is 11.8 Å². The maximum Gasteiger partial charge on any atom is 0.197 e. The minimum absolute atomic E-state index is 0.486. The molecule has 0 spiro atoms. The van der Waals surface area contributed by atoms with Crippen LogP contribution in [-0.2, 0) is 6.42 Å². The molecule has 0 radical (unpaired) electrons. The molecule has 2 heterocycles. The number of hydrogen-bond acceptors (Lipinski definition) is 4. The van der Waals surface area contributed by atoms with E-state index in [1.54, 1.807) is 0 Å². The normalized spacial score (nSPS) is 11.1. The molecule has 2 rings (SSSR count). The summed E-state index contributed by atoms with van der Waals surface area (Å²) in [6, 6.07) is 5.58. The zero-order chi connectivity index (χ0) is 12.4. The highest BCUT2D eigenvalue weighted by atomic mass is 16.3. The Morgan fingerprint density at radius 3 is 2.65 bits per heavy atom. The molecule has 0 amide bonds. The average Bonchev–Trinajstić information content (AvgIpc) is 2.62. The number of anilines is 1. The molecule has 0 saturated heterocycles. The molecule has 0 bridgehead atoms. The lowest BCUT2D eigenvalue weighted by atomic mass is 10.1. The quantitative estimate of drug-likeness (QED) is 0.882. The summed E-state index contributed by atoms with van der Waals surface area (Å²) in [6.07, 6.45) is 0.888. The third-order valence-corrected chi connectivity index (χ3v) is 2.38. The second-order valence-electron chi connectivity index (χ2n) is 4.62. The fraction of sp³-hybridized carbons (Fsp3) is 0.385. The van der Waals surface area contributed by atoms with E-state index < -0.39 is 0 Å². The van der Waals surface area contributed by atoms with Gasteiger partial charge in [0.1, 0.15) is 11.6 Å². The Labute approximate surface area is 101 Å². The zero-order valence-corrected chi connectivity index (χ0v) is 10.4. The van der Waals surface area contributed by atoms with Crippen LogP contribution < -0.4 is 5.73 Å². The highest BCUT2D eigenvalue weighted by molar-refractivity contribution is 5.50. The van der Waals surface area contributed by atoms with Gasteiger partial charge in [0.15, 0.2) is 11.6 Å². The molecule has 0 aromatic carbocycles. The van der Waals surface area contributed by atoms with Crippen molar-refractivity contribution >= 4 is 5.82 Å². The molecular weight excluding hydrogens is 214 g/mol. The van der Waals surface area contributed by atoms with Crippen LogP contribution in [0.4, 0.5) is 5.82 Å². The SMILES string of the molecule is Cc1ccc(-c2nc(N)cc(CC(C)C)n2)o1. The van der Waals surface area contributed by atoms with Crippen LogP contribution in [0.15, 0.2) is 22.6 Å². The summed E-state index contributed by atoms with van der Waals surface area (Å²) in [5.74, 6) is 3.10. The number of nitrogens with two attached hydrogens (primary N) is 1. The highest BCUT2D eigenvalue weighted by Crippen LogP contribution is 2.20. The summed E-state index contributed by atoms with van der Waals surface area (Å²) in [5, 5.41) is 0. The van der Waals surface area contributed by atoms with Crippen molar-refractivity contribution in [3.63, 3.8) is 0 Å². The first-order valence-corrected chi connectivity index (χ1v) is 5.75. The van der Waals surface area contributed by atoms with Crippen LogP contribution >= 0.6 is 0 Å². The molecule has 2 N–H and O–H groups in total. The van der Waals surface area contributed by atoms with E-state index in [0.717, 1.165) is 17.9 Å². The molecule has 90 valence electrons. The summed E-state index contributed by atoms with van der Waals surface area (Å²) in [5.41, 5.74) is 6.74. The van der Waals surface area contributed by atoms with Crippen LogP contribution in [-0.4, -0.2) is 9.97 Å². The van der Waals surface area contributed by atoms with E-state index in [0.29, 0.717) is 23.3 Å². The molecule has 0 aliphatic rings. The van der Waals surface area contributed by atoms with Crippen molar-refractivity contribution in [1.82, 2.24) is 9.97 Å². The van der Waals surface area contributed by atoms with Gasteiger partial charge in [0.25, 0.3) is 0 Å². The van der Waals surface area contributed by atoms with Crippen LogP contribution in [0.2, 0.25) is 0 Å². The Morgan fingerprint density at radius 1 is 1.29 bits per heavy atom. The highest BCUT2D eigenvalue weighted by Gasteiger charge is 2.09. The second-order valence-corrected chi connectivity index (χ2v) is 4.62. The van der Waals surface area contributed by atoms with Crippen LogP contribution in [0.5, 0.6) is 0 Å². The molecule has 2 aromatic rings. The summed E-state index contributed by atoms with van der Waals surface area (Å²) in [4.78, 5) is 8.67. The van der Waals surface area contributed by atoms with Gasteiger partial charge in [0.05, 0.1) is 0 Å². The Hall–Kier alpha value is -1.84. The second kappa shape index (κ2) is 4.57. The smallest absolute Gasteiger partial charge is 0.197 e. The van der Waals surface area contributed by atoms with Gasteiger partial charge >= 0.3 is 0 Å². The predicted octanol–water partition coefficient (Wildman–Crippen LogP) is 2.83. The fourth-order valence-electron chi connectivity index (χ4n) is 1.71. The molecule has 0 unspecified atom stereocenters. The first-order valence-electron chi connectivity index (χ1n) is 5.75. The summed E-state index contributed by atoms with van der Waals surface area (Å²) < 4.78 is 5.50. The van der Waals surface area contributed by atoms with Gasteiger partial charge in [-0.05, 0) is 31.4 Å². The number of rotatable bonds is 3. The molecule has 2 aromatic heterocycles. The lowest BCUT2D eigenvalue weighted by Crippen LogP contribution is -2.03. The minimum Gasteiger partial charge on any atom is -0.458 e. The third-order valence-electron chi connectivity index (χ3n) is 2.38. The standard InChI is InChI=1S/C13H17N3O/c1-8(2)6-10-7-12(14)16-13(15-10)11-5-4-9(3)17-11/h4-5,7-8H,6H2,1-3H3,(H2,14,15,16). The Balaban J connectivity index is 2.37. The predicted molar refractivity (Wildman–Crippen MR) is 67.4 cm³/mol. The topological polar surface area (TPSA) is 64.9 Å².